The van der Waals surface area contributed by atoms with Gasteiger partial charge in [0.25, 0.3) is 5.91 Å². The van der Waals surface area contributed by atoms with Gasteiger partial charge < -0.3 is 10.1 Å². The molecule has 24 heavy (non-hydrogen) atoms. The molecule has 2 aromatic rings. The Hall–Kier alpha value is -1.40. The van der Waals surface area contributed by atoms with Gasteiger partial charge in [0.15, 0.2) is 0 Å². The molecule has 4 nitrogen and oxygen atoms in total. The maximum atomic E-state index is 12.4. The molecule has 6 heteroatoms. The summed E-state index contributed by atoms with van der Waals surface area (Å²) in [6.07, 6.45) is 0. The summed E-state index contributed by atoms with van der Waals surface area (Å²) in [4.78, 5) is 16.6. The summed E-state index contributed by atoms with van der Waals surface area (Å²) in [6.45, 7) is 5.75. The van der Waals surface area contributed by atoms with Crippen molar-refractivity contribution in [3.8, 4) is 0 Å². The van der Waals surface area contributed by atoms with E-state index in [1.54, 1.807) is 0 Å². The normalized spacial score (nSPS) is 16.8. The Bertz CT molecular complexity index is 681. The maximum Gasteiger partial charge on any atom is 0.261 e. The fourth-order valence-corrected chi connectivity index (χ4v) is 3.77. The SMILES string of the molecule is Cc1ccc(C(=O)NCC(c2ccc(Cl)cc2)N2CCOCC2)s1. The van der Waals surface area contributed by atoms with Crippen LogP contribution in [0.2, 0.25) is 5.02 Å². The molecule has 1 aliphatic heterocycles. The number of carbonyl (C=O) groups excluding carboxylic acids is 1. The molecule has 0 spiro atoms. The van der Waals surface area contributed by atoms with E-state index in [9.17, 15) is 4.79 Å². The first-order valence-electron chi connectivity index (χ1n) is 8.05. The molecular formula is C18H21ClN2O2S. The summed E-state index contributed by atoms with van der Waals surface area (Å²) in [5.74, 6) is -0.0136. The number of hydrogen-bond donors (Lipinski definition) is 1. The molecule has 1 fully saturated rings. The quantitative estimate of drug-likeness (QED) is 0.882. The van der Waals surface area contributed by atoms with Crippen LogP contribution >= 0.6 is 22.9 Å². The standard InChI is InChI=1S/C18H21ClN2O2S/c1-13-2-7-17(24-13)18(22)20-12-16(21-8-10-23-11-9-21)14-3-5-15(19)6-4-14/h2-7,16H,8-12H2,1H3,(H,20,22). The van der Waals surface area contributed by atoms with E-state index >= 15 is 0 Å². The first-order valence-corrected chi connectivity index (χ1v) is 9.25. The average molecular weight is 365 g/mol. The van der Waals surface area contributed by atoms with Crippen molar-refractivity contribution in [1.29, 1.82) is 0 Å². The van der Waals surface area contributed by atoms with Crippen molar-refractivity contribution in [3.05, 3.63) is 56.7 Å². The van der Waals surface area contributed by atoms with Crippen LogP contribution in [0.4, 0.5) is 0 Å². The highest BCUT2D eigenvalue weighted by atomic mass is 35.5. The van der Waals surface area contributed by atoms with E-state index in [-0.39, 0.29) is 11.9 Å². The summed E-state index contributed by atoms with van der Waals surface area (Å²) < 4.78 is 5.45. The zero-order valence-electron chi connectivity index (χ0n) is 13.6. The van der Waals surface area contributed by atoms with E-state index in [2.05, 4.69) is 10.2 Å². The second kappa shape index (κ2) is 8.12. The molecule has 1 aromatic carbocycles. The average Bonchev–Trinajstić information content (AvgIpc) is 3.04. The number of halogens is 1. The molecule has 1 atom stereocenters. The number of aryl methyl sites for hydroxylation is 1. The molecule has 1 N–H and O–H groups in total. The molecule has 2 heterocycles. The number of carbonyl (C=O) groups is 1. The van der Waals surface area contributed by atoms with Crippen molar-refractivity contribution in [2.75, 3.05) is 32.8 Å². The molecular weight excluding hydrogens is 344 g/mol. The van der Waals surface area contributed by atoms with Crippen LogP contribution in [-0.2, 0) is 4.74 Å². The number of hydrogen-bond acceptors (Lipinski definition) is 4. The molecule has 0 radical (unpaired) electrons. The van der Waals surface area contributed by atoms with Gasteiger partial charge in [0.05, 0.1) is 24.1 Å². The predicted octanol–water partition coefficient (Wildman–Crippen LogP) is 3.51. The zero-order chi connectivity index (χ0) is 16.9. The van der Waals surface area contributed by atoms with Crippen LogP contribution in [0.5, 0.6) is 0 Å². The van der Waals surface area contributed by atoms with Crippen LogP contribution in [-0.4, -0.2) is 43.7 Å². The van der Waals surface area contributed by atoms with E-state index in [1.165, 1.54) is 11.3 Å². The van der Waals surface area contributed by atoms with Crippen molar-refractivity contribution in [3.63, 3.8) is 0 Å². The van der Waals surface area contributed by atoms with E-state index in [1.807, 2.05) is 43.3 Å². The van der Waals surface area contributed by atoms with E-state index in [0.717, 1.165) is 46.6 Å². The number of thiophene rings is 1. The van der Waals surface area contributed by atoms with Crippen LogP contribution in [0.15, 0.2) is 36.4 Å². The fraction of sp³-hybridized carbons (Fsp3) is 0.389. The van der Waals surface area contributed by atoms with Gasteiger partial charge in [-0.2, -0.15) is 0 Å². The highest BCUT2D eigenvalue weighted by molar-refractivity contribution is 7.13. The lowest BCUT2D eigenvalue weighted by atomic mass is 10.0. The minimum absolute atomic E-state index is 0.0136. The Balaban J connectivity index is 1.71. The summed E-state index contributed by atoms with van der Waals surface area (Å²) in [5, 5.41) is 3.80. The summed E-state index contributed by atoms with van der Waals surface area (Å²) in [6, 6.07) is 11.8. The predicted molar refractivity (Wildman–Crippen MR) is 98.0 cm³/mol. The molecule has 3 rings (SSSR count). The van der Waals surface area contributed by atoms with Gasteiger partial charge in [0.1, 0.15) is 0 Å². The Morgan fingerprint density at radius 3 is 2.58 bits per heavy atom. The van der Waals surface area contributed by atoms with Crippen LogP contribution in [0, 0.1) is 6.92 Å². The third-order valence-electron chi connectivity index (χ3n) is 4.16. The van der Waals surface area contributed by atoms with Crippen molar-refractivity contribution in [2.24, 2.45) is 0 Å². The minimum Gasteiger partial charge on any atom is -0.379 e. The van der Waals surface area contributed by atoms with Crippen molar-refractivity contribution in [2.45, 2.75) is 13.0 Å². The van der Waals surface area contributed by atoms with Gasteiger partial charge in [-0.3, -0.25) is 9.69 Å². The third kappa shape index (κ3) is 4.36. The molecule has 0 bridgehead atoms. The number of amides is 1. The van der Waals surface area contributed by atoms with Gasteiger partial charge in [-0.05, 0) is 36.8 Å². The molecule has 1 aliphatic rings. The molecule has 0 aliphatic carbocycles. The fourth-order valence-electron chi connectivity index (χ4n) is 2.86. The summed E-state index contributed by atoms with van der Waals surface area (Å²) >= 11 is 7.53. The molecule has 1 unspecified atom stereocenters. The topological polar surface area (TPSA) is 41.6 Å². The molecule has 1 amide bonds. The number of benzene rings is 1. The third-order valence-corrected chi connectivity index (χ3v) is 5.41. The number of nitrogens with one attached hydrogen (secondary N) is 1. The van der Waals surface area contributed by atoms with E-state index in [0.29, 0.717) is 6.54 Å². The summed E-state index contributed by atoms with van der Waals surface area (Å²) in [5.41, 5.74) is 1.16. The Morgan fingerprint density at radius 1 is 1.25 bits per heavy atom. The molecule has 0 saturated carbocycles. The van der Waals surface area contributed by atoms with Gasteiger partial charge in [-0.15, -0.1) is 11.3 Å². The summed E-state index contributed by atoms with van der Waals surface area (Å²) in [7, 11) is 0. The Morgan fingerprint density at radius 2 is 1.96 bits per heavy atom. The van der Waals surface area contributed by atoms with E-state index < -0.39 is 0 Å². The highest BCUT2D eigenvalue weighted by Crippen LogP contribution is 2.23. The second-order valence-electron chi connectivity index (χ2n) is 5.84. The Kier molecular flexibility index (Phi) is 5.89. The number of rotatable bonds is 5. The number of nitrogens with zero attached hydrogens (tertiary/aromatic N) is 1. The monoisotopic (exact) mass is 364 g/mol. The van der Waals surface area contributed by atoms with Crippen molar-refractivity contribution in [1.82, 2.24) is 10.2 Å². The lowest BCUT2D eigenvalue weighted by Gasteiger charge is -2.35. The molecule has 1 saturated heterocycles. The lowest BCUT2D eigenvalue weighted by molar-refractivity contribution is 0.0162. The zero-order valence-corrected chi connectivity index (χ0v) is 15.2. The van der Waals surface area contributed by atoms with E-state index in [4.69, 9.17) is 16.3 Å². The van der Waals surface area contributed by atoms with Gasteiger partial charge in [-0.1, -0.05) is 23.7 Å². The first-order chi connectivity index (χ1) is 11.6. The highest BCUT2D eigenvalue weighted by Gasteiger charge is 2.23. The second-order valence-corrected chi connectivity index (χ2v) is 7.56. The van der Waals surface area contributed by atoms with Gasteiger partial charge in [0, 0.05) is 29.5 Å². The van der Waals surface area contributed by atoms with Gasteiger partial charge >= 0.3 is 0 Å². The van der Waals surface area contributed by atoms with Crippen molar-refractivity contribution >= 4 is 28.8 Å². The number of morpholine rings is 1. The van der Waals surface area contributed by atoms with Crippen LogP contribution in [0.25, 0.3) is 0 Å². The number of ether oxygens (including phenoxy) is 1. The first kappa shape index (κ1) is 17.4. The van der Waals surface area contributed by atoms with Gasteiger partial charge in [0.2, 0.25) is 0 Å². The van der Waals surface area contributed by atoms with Crippen LogP contribution in [0.1, 0.15) is 26.2 Å². The molecule has 128 valence electrons. The molecule has 1 aromatic heterocycles. The van der Waals surface area contributed by atoms with Crippen LogP contribution in [0.3, 0.4) is 0 Å². The largest absolute Gasteiger partial charge is 0.379 e. The van der Waals surface area contributed by atoms with Gasteiger partial charge in [-0.25, -0.2) is 0 Å². The van der Waals surface area contributed by atoms with Crippen molar-refractivity contribution < 1.29 is 9.53 Å². The lowest BCUT2D eigenvalue weighted by Crippen LogP contribution is -2.43. The smallest absolute Gasteiger partial charge is 0.261 e. The Labute approximate surface area is 151 Å². The van der Waals surface area contributed by atoms with Crippen LogP contribution < -0.4 is 5.32 Å². The maximum absolute atomic E-state index is 12.4. The minimum atomic E-state index is -0.0136.